The summed E-state index contributed by atoms with van der Waals surface area (Å²) in [5, 5.41) is 5.06. The maximum Gasteiger partial charge on any atom is 0.221 e. The molecule has 0 aliphatic carbocycles. The van der Waals surface area contributed by atoms with E-state index in [2.05, 4.69) is 29.0 Å². The first-order valence-electron chi connectivity index (χ1n) is 12.2. The first-order chi connectivity index (χ1) is 19.1. The fourth-order valence-corrected chi connectivity index (χ4v) is 4.65. The van der Waals surface area contributed by atoms with E-state index in [0.717, 1.165) is 43.8 Å². The van der Waals surface area contributed by atoms with Crippen molar-refractivity contribution in [2.24, 2.45) is 7.05 Å². The highest BCUT2D eigenvalue weighted by atomic mass is 32.2. The van der Waals surface area contributed by atoms with Crippen LogP contribution in [0.4, 0.5) is 0 Å². The fraction of sp³-hybridized carbons (Fsp3) is 0.233. The van der Waals surface area contributed by atoms with Gasteiger partial charge in [-0.1, -0.05) is 30.3 Å². The van der Waals surface area contributed by atoms with Crippen LogP contribution in [-0.4, -0.2) is 47.7 Å². The minimum Gasteiger partial charge on any atom is -0.748 e. The van der Waals surface area contributed by atoms with Gasteiger partial charge >= 0.3 is 0 Å². The quantitative estimate of drug-likeness (QED) is 0.158. The van der Waals surface area contributed by atoms with Crippen LogP contribution in [-0.2, 0) is 23.8 Å². The standard InChI is InChI=1S/C29H28NO5.CH4O3S/c1-30-16-19-11-25(31-2)26(32-3)12-20(19)22-14-24(35-17-18-9-7-6-8-10-18)21-13-27(33-4)28(34-5)15-23(21)29(22)30;1-5(2,3)4/h6-16H,17H2,1-5H3;1H3,(H,2,3,4)/q+1;/p-1. The number of hydrogen-bond donors (Lipinski definition) is 0. The van der Waals surface area contributed by atoms with Gasteiger partial charge < -0.3 is 28.2 Å². The van der Waals surface area contributed by atoms with E-state index in [0.29, 0.717) is 35.9 Å². The Balaban J connectivity index is 0.000000681. The van der Waals surface area contributed by atoms with Crippen LogP contribution in [0.5, 0.6) is 28.7 Å². The van der Waals surface area contributed by atoms with Gasteiger partial charge in [-0.25, -0.2) is 8.42 Å². The molecule has 0 bridgehead atoms. The number of aromatic nitrogens is 1. The topological polar surface area (TPSA) is 107 Å². The third-order valence-corrected chi connectivity index (χ3v) is 6.34. The molecule has 0 fully saturated rings. The third-order valence-electron chi connectivity index (χ3n) is 6.34. The first kappa shape index (κ1) is 28.7. The summed E-state index contributed by atoms with van der Waals surface area (Å²) >= 11 is 0. The largest absolute Gasteiger partial charge is 0.748 e. The van der Waals surface area contributed by atoms with Crippen molar-refractivity contribution in [3.63, 3.8) is 0 Å². The van der Waals surface area contributed by atoms with E-state index in [1.165, 1.54) is 0 Å². The van der Waals surface area contributed by atoms with Crippen LogP contribution < -0.4 is 28.3 Å². The van der Waals surface area contributed by atoms with E-state index in [1.54, 1.807) is 28.4 Å². The summed E-state index contributed by atoms with van der Waals surface area (Å²) in [6, 6.07) is 20.2. The SMILES string of the molecule is COc1cc2c[n+](C)c3c4cc(OC)c(OC)cc4c(OCc4ccccc4)cc3c2cc1OC.CS(=O)(=O)[O-]. The van der Waals surface area contributed by atoms with Crippen molar-refractivity contribution in [2.45, 2.75) is 6.61 Å². The number of fused-ring (bicyclic) bond motifs is 5. The van der Waals surface area contributed by atoms with Crippen LogP contribution >= 0.6 is 0 Å². The predicted molar refractivity (Wildman–Crippen MR) is 153 cm³/mol. The third kappa shape index (κ3) is 6.13. The lowest BCUT2D eigenvalue weighted by molar-refractivity contribution is -0.642. The van der Waals surface area contributed by atoms with Gasteiger partial charge in [0.15, 0.2) is 29.2 Å². The Bertz CT molecular complexity index is 1780. The molecule has 10 heteroatoms. The van der Waals surface area contributed by atoms with Crippen molar-refractivity contribution in [2.75, 3.05) is 34.7 Å². The molecule has 1 heterocycles. The zero-order valence-electron chi connectivity index (χ0n) is 23.2. The second kappa shape index (κ2) is 11.8. The molecule has 0 aliphatic heterocycles. The van der Waals surface area contributed by atoms with E-state index < -0.39 is 10.1 Å². The van der Waals surface area contributed by atoms with E-state index in [1.807, 2.05) is 49.5 Å². The Morgan fingerprint density at radius 2 is 1.15 bits per heavy atom. The summed E-state index contributed by atoms with van der Waals surface area (Å²) in [6.07, 6.45) is 2.70. The lowest BCUT2D eigenvalue weighted by Crippen LogP contribution is -2.28. The predicted octanol–water partition coefficient (Wildman–Crippen LogP) is 4.75. The van der Waals surface area contributed by atoms with E-state index in [4.69, 9.17) is 36.7 Å². The van der Waals surface area contributed by atoms with Crippen LogP contribution in [0.3, 0.4) is 0 Å². The van der Waals surface area contributed by atoms with E-state index >= 15 is 0 Å². The Morgan fingerprint density at radius 3 is 1.70 bits per heavy atom. The van der Waals surface area contributed by atoms with Gasteiger partial charge in [0.25, 0.3) is 0 Å². The summed E-state index contributed by atoms with van der Waals surface area (Å²) in [4.78, 5) is 0. The van der Waals surface area contributed by atoms with E-state index in [-0.39, 0.29) is 0 Å². The Morgan fingerprint density at radius 1 is 0.700 bits per heavy atom. The van der Waals surface area contributed by atoms with Gasteiger partial charge in [0.05, 0.1) is 54.7 Å². The van der Waals surface area contributed by atoms with Gasteiger partial charge in [-0.3, -0.25) is 0 Å². The maximum atomic E-state index is 9.08. The molecule has 210 valence electrons. The number of rotatable bonds is 7. The number of pyridine rings is 1. The van der Waals surface area contributed by atoms with Gasteiger partial charge in [-0.2, -0.15) is 4.57 Å². The summed E-state index contributed by atoms with van der Waals surface area (Å²) in [5.74, 6) is 3.44. The second-order valence-electron chi connectivity index (χ2n) is 9.04. The minimum atomic E-state index is -3.92. The molecule has 0 saturated carbocycles. The molecular weight excluding hydrogens is 534 g/mol. The molecule has 0 unspecified atom stereocenters. The Hall–Kier alpha value is -4.28. The first-order valence-corrected chi connectivity index (χ1v) is 14.0. The fourth-order valence-electron chi connectivity index (χ4n) is 4.65. The van der Waals surface area contributed by atoms with E-state index in [9.17, 15) is 0 Å². The molecule has 0 atom stereocenters. The van der Waals surface area contributed by atoms with Gasteiger partial charge in [0.2, 0.25) is 5.52 Å². The molecule has 0 amide bonds. The average Bonchev–Trinajstić information content (AvgIpc) is 2.93. The monoisotopic (exact) mass is 565 g/mol. The van der Waals surface area contributed by atoms with Gasteiger partial charge in [-0.15, -0.1) is 0 Å². The molecule has 4 aromatic carbocycles. The van der Waals surface area contributed by atoms with Crippen molar-refractivity contribution >= 4 is 42.6 Å². The second-order valence-corrected chi connectivity index (χ2v) is 10.4. The minimum absolute atomic E-state index is 0.448. The van der Waals surface area contributed by atoms with Crippen molar-refractivity contribution in [1.82, 2.24) is 0 Å². The summed E-state index contributed by atoms with van der Waals surface area (Å²) in [7, 11) is 4.71. The lowest BCUT2D eigenvalue weighted by atomic mass is 9.99. The van der Waals surface area contributed by atoms with Crippen molar-refractivity contribution in [1.29, 1.82) is 0 Å². The average molecular weight is 566 g/mol. The molecule has 5 aromatic rings. The molecule has 0 N–H and O–H groups in total. The smallest absolute Gasteiger partial charge is 0.221 e. The number of hydrogen-bond acceptors (Lipinski definition) is 8. The normalized spacial score (nSPS) is 11.2. The van der Waals surface area contributed by atoms with Crippen LogP contribution in [0.1, 0.15) is 5.56 Å². The van der Waals surface area contributed by atoms with Crippen LogP contribution in [0.2, 0.25) is 0 Å². The maximum absolute atomic E-state index is 9.08. The number of methoxy groups -OCH3 is 4. The molecule has 0 saturated heterocycles. The highest BCUT2D eigenvalue weighted by molar-refractivity contribution is 7.84. The summed E-state index contributed by atoms with van der Waals surface area (Å²) in [5.41, 5.74) is 2.14. The Labute approximate surface area is 233 Å². The number of benzene rings is 4. The summed E-state index contributed by atoms with van der Waals surface area (Å²) in [6.45, 7) is 0.448. The number of nitrogens with zero attached hydrogens (tertiary/aromatic N) is 1. The molecule has 5 rings (SSSR count). The molecule has 0 radical (unpaired) electrons. The molecule has 0 spiro atoms. The van der Waals surface area contributed by atoms with Crippen LogP contribution in [0.25, 0.3) is 32.4 Å². The van der Waals surface area contributed by atoms with Crippen molar-refractivity contribution < 1.29 is 41.2 Å². The molecule has 1 aromatic heterocycles. The van der Waals surface area contributed by atoms with Crippen molar-refractivity contribution in [3.8, 4) is 28.7 Å². The zero-order chi connectivity index (χ0) is 29.0. The molecule has 40 heavy (non-hydrogen) atoms. The summed E-state index contributed by atoms with van der Waals surface area (Å²) < 4.78 is 58.2. The van der Waals surface area contributed by atoms with Gasteiger partial charge in [0, 0.05) is 17.0 Å². The molecule has 9 nitrogen and oxygen atoms in total. The Kier molecular flexibility index (Phi) is 8.51. The van der Waals surface area contributed by atoms with Crippen LogP contribution in [0.15, 0.2) is 66.9 Å². The van der Waals surface area contributed by atoms with Crippen LogP contribution in [0, 0.1) is 0 Å². The highest BCUT2D eigenvalue weighted by Crippen LogP contribution is 2.42. The van der Waals surface area contributed by atoms with Crippen molar-refractivity contribution in [3.05, 3.63) is 72.4 Å². The van der Waals surface area contributed by atoms with Gasteiger partial charge in [0.1, 0.15) is 19.4 Å². The zero-order valence-corrected chi connectivity index (χ0v) is 24.0. The number of aryl methyl sites for hydroxylation is 1. The number of ether oxygens (including phenoxy) is 5. The molecular formula is C30H31NO8S. The molecule has 0 aliphatic rings. The van der Waals surface area contributed by atoms with Gasteiger partial charge in [-0.05, 0) is 35.9 Å². The highest BCUT2D eigenvalue weighted by Gasteiger charge is 2.22. The lowest BCUT2D eigenvalue weighted by Gasteiger charge is -2.16.